The highest BCUT2D eigenvalue weighted by molar-refractivity contribution is 7.85. The van der Waals surface area contributed by atoms with Gasteiger partial charge in [0.05, 0.1) is 17.6 Å². The SMILES string of the molecule is CNc1c(C)n(C)n(-c2ccccc2)c1=O.CS(=O)(=O)O. The molecule has 0 saturated heterocycles. The second-order valence-electron chi connectivity index (χ2n) is 4.42. The molecule has 116 valence electrons. The van der Waals surface area contributed by atoms with Gasteiger partial charge in [-0.05, 0) is 19.1 Å². The van der Waals surface area contributed by atoms with E-state index in [2.05, 4.69) is 5.32 Å². The lowest BCUT2D eigenvalue weighted by Crippen LogP contribution is -2.20. The van der Waals surface area contributed by atoms with Crippen LogP contribution in [-0.2, 0) is 17.2 Å². The molecule has 0 bridgehead atoms. The zero-order chi connectivity index (χ0) is 16.2. The van der Waals surface area contributed by atoms with E-state index in [-0.39, 0.29) is 5.56 Å². The quantitative estimate of drug-likeness (QED) is 0.808. The van der Waals surface area contributed by atoms with Crippen molar-refractivity contribution in [2.24, 2.45) is 7.05 Å². The molecule has 21 heavy (non-hydrogen) atoms. The Morgan fingerprint density at radius 2 is 1.67 bits per heavy atom. The standard InChI is InChI=1S/C12H15N3O.CH4O3S/c1-9-11(13-2)12(16)15(14(9)3)10-7-5-4-6-8-10;1-5(2,3)4/h4-8,13H,1-3H3;1H3,(H,2,3,4). The summed E-state index contributed by atoms with van der Waals surface area (Å²) < 4.78 is 29.4. The number of hydrogen-bond donors (Lipinski definition) is 2. The maximum absolute atomic E-state index is 12.1. The van der Waals surface area contributed by atoms with Crippen molar-refractivity contribution in [3.8, 4) is 5.69 Å². The number of hydrogen-bond acceptors (Lipinski definition) is 4. The number of rotatable bonds is 2. The predicted octanol–water partition coefficient (Wildman–Crippen LogP) is 1.03. The molecule has 7 nitrogen and oxygen atoms in total. The topological polar surface area (TPSA) is 93.3 Å². The summed E-state index contributed by atoms with van der Waals surface area (Å²) in [4.78, 5) is 12.1. The Morgan fingerprint density at radius 1 is 1.19 bits per heavy atom. The van der Waals surface area contributed by atoms with Crippen molar-refractivity contribution in [2.75, 3.05) is 18.6 Å². The number of aromatic nitrogens is 2. The average molecular weight is 313 g/mol. The molecule has 0 aliphatic rings. The molecule has 2 N–H and O–H groups in total. The van der Waals surface area contributed by atoms with Gasteiger partial charge in [-0.25, -0.2) is 4.68 Å². The average Bonchev–Trinajstić information content (AvgIpc) is 2.59. The van der Waals surface area contributed by atoms with Crippen LogP contribution in [0.4, 0.5) is 5.69 Å². The normalized spacial score (nSPS) is 10.7. The van der Waals surface area contributed by atoms with Gasteiger partial charge >= 0.3 is 0 Å². The van der Waals surface area contributed by atoms with Gasteiger partial charge in [-0.15, -0.1) is 0 Å². The molecule has 0 saturated carbocycles. The monoisotopic (exact) mass is 313 g/mol. The van der Waals surface area contributed by atoms with E-state index in [0.29, 0.717) is 11.9 Å². The molecule has 0 fully saturated rings. The summed E-state index contributed by atoms with van der Waals surface area (Å²) in [6.07, 6.45) is 0.715. The third-order valence-electron chi connectivity index (χ3n) is 2.80. The van der Waals surface area contributed by atoms with Gasteiger partial charge in [0.15, 0.2) is 0 Å². The van der Waals surface area contributed by atoms with E-state index in [9.17, 15) is 13.2 Å². The lowest BCUT2D eigenvalue weighted by Gasteiger charge is -2.07. The minimum Gasteiger partial charge on any atom is -0.382 e. The van der Waals surface area contributed by atoms with Crippen molar-refractivity contribution in [2.45, 2.75) is 6.92 Å². The maximum atomic E-state index is 12.1. The largest absolute Gasteiger partial charge is 0.382 e. The molecule has 0 spiro atoms. The van der Waals surface area contributed by atoms with Crippen LogP contribution in [0, 0.1) is 6.92 Å². The van der Waals surface area contributed by atoms with Crippen LogP contribution in [-0.4, -0.2) is 35.6 Å². The molecule has 1 aromatic heterocycles. The smallest absolute Gasteiger partial charge is 0.295 e. The van der Waals surface area contributed by atoms with Gasteiger partial charge in [0.2, 0.25) is 0 Å². The van der Waals surface area contributed by atoms with Crippen LogP contribution in [0.1, 0.15) is 5.69 Å². The zero-order valence-electron chi connectivity index (χ0n) is 12.4. The zero-order valence-corrected chi connectivity index (χ0v) is 13.2. The molecular formula is C13H19N3O4S. The Labute approximate surface area is 123 Å². The Morgan fingerprint density at radius 3 is 2.05 bits per heavy atom. The fourth-order valence-electron chi connectivity index (χ4n) is 1.86. The Balaban J connectivity index is 0.000000383. The molecule has 0 aliphatic heterocycles. The van der Waals surface area contributed by atoms with Gasteiger partial charge in [0.1, 0.15) is 5.69 Å². The van der Waals surface area contributed by atoms with Gasteiger partial charge in [-0.3, -0.25) is 14.0 Å². The van der Waals surface area contributed by atoms with Gasteiger partial charge < -0.3 is 5.32 Å². The highest BCUT2D eigenvalue weighted by Gasteiger charge is 2.13. The van der Waals surface area contributed by atoms with Crippen molar-refractivity contribution < 1.29 is 13.0 Å². The summed E-state index contributed by atoms with van der Waals surface area (Å²) in [5.74, 6) is 0. The van der Waals surface area contributed by atoms with Crippen molar-refractivity contribution in [3.05, 3.63) is 46.4 Å². The summed E-state index contributed by atoms with van der Waals surface area (Å²) in [7, 11) is -0.0242. The molecule has 0 atom stereocenters. The van der Waals surface area contributed by atoms with Crippen LogP contribution in [0.5, 0.6) is 0 Å². The lowest BCUT2D eigenvalue weighted by atomic mass is 10.3. The van der Waals surface area contributed by atoms with Crippen molar-refractivity contribution >= 4 is 15.8 Å². The molecule has 1 heterocycles. The molecule has 8 heteroatoms. The highest BCUT2D eigenvalue weighted by Crippen LogP contribution is 2.12. The number of benzene rings is 1. The minimum atomic E-state index is -3.67. The second-order valence-corrected chi connectivity index (χ2v) is 5.89. The molecular weight excluding hydrogens is 294 g/mol. The summed E-state index contributed by atoms with van der Waals surface area (Å²) in [5, 5.41) is 2.94. The van der Waals surface area contributed by atoms with E-state index in [4.69, 9.17) is 4.55 Å². The van der Waals surface area contributed by atoms with Crippen LogP contribution in [0.15, 0.2) is 35.1 Å². The minimum absolute atomic E-state index is 0.0197. The first-order chi connectivity index (χ1) is 9.66. The van der Waals surface area contributed by atoms with Crippen molar-refractivity contribution in [1.29, 1.82) is 0 Å². The van der Waals surface area contributed by atoms with E-state index in [1.54, 1.807) is 11.7 Å². The maximum Gasteiger partial charge on any atom is 0.295 e. The van der Waals surface area contributed by atoms with Crippen LogP contribution in [0.2, 0.25) is 0 Å². The van der Waals surface area contributed by atoms with Crippen LogP contribution < -0.4 is 10.9 Å². The van der Waals surface area contributed by atoms with Crippen molar-refractivity contribution in [1.82, 2.24) is 9.36 Å². The first-order valence-corrected chi connectivity index (χ1v) is 7.96. The van der Waals surface area contributed by atoms with Gasteiger partial charge in [-0.1, -0.05) is 18.2 Å². The van der Waals surface area contributed by atoms with E-state index >= 15 is 0 Å². The Kier molecular flexibility index (Phi) is 5.34. The molecule has 0 radical (unpaired) electrons. The first-order valence-electron chi connectivity index (χ1n) is 6.11. The van der Waals surface area contributed by atoms with Crippen LogP contribution in [0.3, 0.4) is 0 Å². The van der Waals surface area contributed by atoms with E-state index < -0.39 is 10.1 Å². The first kappa shape index (κ1) is 17.0. The number of nitrogens with one attached hydrogen (secondary N) is 1. The fourth-order valence-corrected chi connectivity index (χ4v) is 1.86. The number of anilines is 1. The molecule has 1 aromatic carbocycles. The van der Waals surface area contributed by atoms with Crippen molar-refractivity contribution in [3.63, 3.8) is 0 Å². The van der Waals surface area contributed by atoms with Gasteiger partial charge in [-0.2, -0.15) is 8.42 Å². The second kappa shape index (κ2) is 6.59. The third kappa shape index (κ3) is 4.47. The van der Waals surface area contributed by atoms with Crippen LogP contribution >= 0.6 is 0 Å². The molecule has 0 amide bonds. The summed E-state index contributed by atoms with van der Waals surface area (Å²) in [6, 6.07) is 9.61. The fraction of sp³-hybridized carbons (Fsp3) is 0.308. The summed E-state index contributed by atoms with van der Waals surface area (Å²) in [6.45, 7) is 1.92. The molecule has 2 aromatic rings. The number of nitrogens with zero attached hydrogens (tertiary/aromatic N) is 2. The predicted molar refractivity (Wildman–Crippen MR) is 82.8 cm³/mol. The number of para-hydroxylation sites is 1. The van der Waals surface area contributed by atoms with Gasteiger partial charge in [0.25, 0.3) is 15.7 Å². The summed E-state index contributed by atoms with van der Waals surface area (Å²) >= 11 is 0. The van der Waals surface area contributed by atoms with Gasteiger partial charge in [0, 0.05) is 14.1 Å². The molecule has 0 aliphatic carbocycles. The lowest BCUT2D eigenvalue weighted by molar-refractivity contribution is 0.490. The third-order valence-corrected chi connectivity index (χ3v) is 2.80. The molecule has 0 unspecified atom stereocenters. The Hall–Kier alpha value is -2.06. The van der Waals surface area contributed by atoms with E-state index in [0.717, 1.165) is 11.4 Å². The molecule has 2 rings (SSSR count). The summed E-state index contributed by atoms with van der Waals surface area (Å²) in [5.41, 5.74) is 2.43. The van der Waals surface area contributed by atoms with E-state index in [1.807, 2.05) is 49.0 Å². The Bertz CT molecular complexity index is 753. The van der Waals surface area contributed by atoms with E-state index in [1.165, 1.54) is 0 Å². The highest BCUT2D eigenvalue weighted by atomic mass is 32.2. The van der Waals surface area contributed by atoms with Crippen LogP contribution in [0.25, 0.3) is 5.69 Å².